The van der Waals surface area contributed by atoms with Gasteiger partial charge in [-0.3, -0.25) is 0 Å². The molecule has 0 spiro atoms. The molecular weight excluding hydrogens is 210 g/mol. The van der Waals surface area contributed by atoms with Crippen molar-refractivity contribution in [1.29, 1.82) is 0 Å². The molecule has 0 aliphatic heterocycles. The number of likely N-dealkylation sites (N-methyl/N-ethyl adjacent to an activating group) is 1. The topological polar surface area (TPSA) is 12.5 Å². The van der Waals surface area contributed by atoms with Gasteiger partial charge in [-0.1, -0.05) is 26.0 Å². The Labute approximate surface area is 107 Å². The van der Waals surface area contributed by atoms with Crippen molar-refractivity contribution < 1.29 is 4.74 Å². The average molecular weight is 239 g/mol. The van der Waals surface area contributed by atoms with Crippen LogP contribution < -0.4 is 0 Å². The van der Waals surface area contributed by atoms with Crippen LogP contribution in [0.3, 0.4) is 0 Å². The maximum Gasteiger partial charge on any atom is 0.0467 e. The summed E-state index contributed by atoms with van der Waals surface area (Å²) < 4.78 is 5.14. The van der Waals surface area contributed by atoms with Gasteiger partial charge in [0.2, 0.25) is 0 Å². The minimum absolute atomic E-state index is 0.192. The molecule has 0 rings (SSSR count). The summed E-state index contributed by atoms with van der Waals surface area (Å²) in [5, 5.41) is 0. The smallest absolute Gasteiger partial charge is 0.0467 e. The second-order valence-electron chi connectivity index (χ2n) is 5.61. The highest BCUT2D eigenvalue weighted by atomic mass is 16.5. The van der Waals surface area contributed by atoms with Crippen LogP contribution in [-0.2, 0) is 4.74 Å². The molecule has 0 aliphatic rings. The van der Waals surface area contributed by atoms with Crippen molar-refractivity contribution in [3.05, 3.63) is 25.3 Å². The van der Waals surface area contributed by atoms with Crippen molar-refractivity contribution in [2.75, 3.05) is 27.8 Å². The van der Waals surface area contributed by atoms with Crippen molar-refractivity contribution in [2.24, 2.45) is 11.3 Å². The number of methoxy groups -OCH3 is 1. The zero-order chi connectivity index (χ0) is 13.5. The fourth-order valence-corrected chi connectivity index (χ4v) is 2.60. The number of rotatable bonds is 9. The normalized spacial score (nSPS) is 15.6. The number of nitrogens with zero attached hydrogens (tertiary/aromatic N) is 1. The minimum atomic E-state index is 0.192. The van der Waals surface area contributed by atoms with E-state index in [2.05, 4.69) is 52.1 Å². The Morgan fingerprint density at radius 1 is 1.24 bits per heavy atom. The van der Waals surface area contributed by atoms with Gasteiger partial charge in [-0.25, -0.2) is 0 Å². The second kappa shape index (κ2) is 7.67. The summed E-state index contributed by atoms with van der Waals surface area (Å²) in [6, 6.07) is 0.382. The summed E-state index contributed by atoms with van der Waals surface area (Å²) in [7, 11) is 5.95. The van der Waals surface area contributed by atoms with Crippen molar-refractivity contribution in [3.63, 3.8) is 0 Å². The molecule has 0 aliphatic carbocycles. The molecule has 2 atom stereocenters. The molecule has 0 aromatic carbocycles. The standard InChI is InChI=1S/C15H29NO/c1-8-13(10-11-17-7)12-15(3,4)14(9-2)16(5)6/h8-9,13-14H,1-2,10-12H2,3-7H3. The van der Waals surface area contributed by atoms with Gasteiger partial charge in [-0.15, -0.1) is 13.2 Å². The molecular formula is C15H29NO. The van der Waals surface area contributed by atoms with Gasteiger partial charge in [0, 0.05) is 19.8 Å². The molecule has 0 aromatic rings. The van der Waals surface area contributed by atoms with E-state index in [1.807, 2.05) is 6.08 Å². The van der Waals surface area contributed by atoms with E-state index in [4.69, 9.17) is 4.74 Å². The lowest BCUT2D eigenvalue weighted by molar-refractivity contribution is 0.131. The van der Waals surface area contributed by atoms with Crippen LogP contribution in [0.25, 0.3) is 0 Å². The predicted molar refractivity (Wildman–Crippen MR) is 76.3 cm³/mol. The largest absolute Gasteiger partial charge is 0.385 e. The fraction of sp³-hybridized carbons (Fsp3) is 0.733. The zero-order valence-corrected chi connectivity index (χ0v) is 12.2. The molecule has 0 fully saturated rings. The highest BCUT2D eigenvalue weighted by Gasteiger charge is 2.30. The Morgan fingerprint density at radius 2 is 1.82 bits per heavy atom. The Bertz CT molecular complexity index is 233. The average Bonchev–Trinajstić information content (AvgIpc) is 2.23. The molecule has 2 unspecified atom stereocenters. The Morgan fingerprint density at radius 3 is 2.18 bits per heavy atom. The highest BCUT2D eigenvalue weighted by molar-refractivity contribution is 4.98. The lowest BCUT2D eigenvalue weighted by atomic mass is 9.75. The summed E-state index contributed by atoms with van der Waals surface area (Å²) in [6.07, 6.45) is 6.24. The molecule has 0 N–H and O–H groups in total. The summed E-state index contributed by atoms with van der Waals surface area (Å²) in [4.78, 5) is 2.23. The Balaban J connectivity index is 4.57. The third kappa shape index (κ3) is 5.51. The SMILES string of the molecule is C=CC(CCOC)CC(C)(C)C(C=C)N(C)C. The fourth-order valence-electron chi connectivity index (χ4n) is 2.60. The van der Waals surface area contributed by atoms with E-state index >= 15 is 0 Å². The van der Waals surface area contributed by atoms with E-state index < -0.39 is 0 Å². The molecule has 0 heterocycles. The third-order valence-corrected chi connectivity index (χ3v) is 3.39. The number of allylic oxidation sites excluding steroid dienone is 1. The van der Waals surface area contributed by atoms with Crippen molar-refractivity contribution in [3.8, 4) is 0 Å². The molecule has 0 radical (unpaired) electrons. The first-order valence-electron chi connectivity index (χ1n) is 6.29. The van der Waals surface area contributed by atoms with Gasteiger partial charge in [0.25, 0.3) is 0 Å². The number of ether oxygens (including phenoxy) is 1. The van der Waals surface area contributed by atoms with Crippen molar-refractivity contribution in [2.45, 2.75) is 32.7 Å². The van der Waals surface area contributed by atoms with Crippen LogP contribution in [0, 0.1) is 11.3 Å². The van der Waals surface area contributed by atoms with Crippen LogP contribution in [0.1, 0.15) is 26.7 Å². The summed E-state index contributed by atoms with van der Waals surface area (Å²) >= 11 is 0. The molecule has 17 heavy (non-hydrogen) atoms. The minimum Gasteiger partial charge on any atom is -0.385 e. The third-order valence-electron chi connectivity index (χ3n) is 3.39. The lowest BCUT2D eigenvalue weighted by Crippen LogP contribution is -2.40. The summed E-state index contributed by atoms with van der Waals surface area (Å²) in [5.41, 5.74) is 0.192. The lowest BCUT2D eigenvalue weighted by Gasteiger charge is -2.38. The van der Waals surface area contributed by atoms with Gasteiger partial charge in [0.15, 0.2) is 0 Å². The zero-order valence-electron chi connectivity index (χ0n) is 12.2. The monoisotopic (exact) mass is 239 g/mol. The van der Waals surface area contributed by atoms with Gasteiger partial charge < -0.3 is 9.64 Å². The van der Waals surface area contributed by atoms with Crippen molar-refractivity contribution >= 4 is 0 Å². The van der Waals surface area contributed by atoms with E-state index in [0.29, 0.717) is 12.0 Å². The van der Waals surface area contributed by atoms with E-state index in [-0.39, 0.29) is 5.41 Å². The first-order valence-corrected chi connectivity index (χ1v) is 6.29. The van der Waals surface area contributed by atoms with Crippen LogP contribution in [0.2, 0.25) is 0 Å². The Hall–Kier alpha value is -0.600. The molecule has 0 amide bonds. The number of hydrogen-bond donors (Lipinski definition) is 0. The maximum absolute atomic E-state index is 5.14. The summed E-state index contributed by atoms with van der Waals surface area (Å²) in [6.45, 7) is 13.3. The van der Waals surface area contributed by atoms with Gasteiger partial charge >= 0.3 is 0 Å². The van der Waals surface area contributed by atoms with E-state index in [1.165, 1.54) is 0 Å². The maximum atomic E-state index is 5.14. The van der Waals surface area contributed by atoms with Gasteiger partial charge in [-0.05, 0) is 38.3 Å². The van der Waals surface area contributed by atoms with E-state index in [1.54, 1.807) is 7.11 Å². The molecule has 2 nitrogen and oxygen atoms in total. The summed E-state index contributed by atoms with van der Waals surface area (Å²) in [5.74, 6) is 0.507. The van der Waals surface area contributed by atoms with E-state index in [9.17, 15) is 0 Å². The van der Waals surface area contributed by atoms with E-state index in [0.717, 1.165) is 19.4 Å². The predicted octanol–water partition coefficient (Wildman–Crippen LogP) is 3.36. The molecule has 0 aromatic heterocycles. The second-order valence-corrected chi connectivity index (χ2v) is 5.61. The Kier molecular flexibility index (Phi) is 7.40. The highest BCUT2D eigenvalue weighted by Crippen LogP contribution is 2.33. The van der Waals surface area contributed by atoms with Crippen molar-refractivity contribution in [1.82, 2.24) is 4.90 Å². The molecule has 0 bridgehead atoms. The molecule has 2 heteroatoms. The molecule has 0 saturated heterocycles. The first kappa shape index (κ1) is 16.4. The van der Waals surface area contributed by atoms with Gasteiger partial charge in [-0.2, -0.15) is 0 Å². The van der Waals surface area contributed by atoms with Gasteiger partial charge in [0.1, 0.15) is 0 Å². The molecule has 100 valence electrons. The number of hydrogen-bond acceptors (Lipinski definition) is 2. The van der Waals surface area contributed by atoms with Crippen LogP contribution in [0.4, 0.5) is 0 Å². The van der Waals surface area contributed by atoms with Crippen LogP contribution in [-0.4, -0.2) is 38.8 Å². The quantitative estimate of drug-likeness (QED) is 0.572. The van der Waals surface area contributed by atoms with Crippen LogP contribution >= 0.6 is 0 Å². The van der Waals surface area contributed by atoms with Crippen LogP contribution in [0.15, 0.2) is 25.3 Å². The molecule has 0 saturated carbocycles. The van der Waals surface area contributed by atoms with Crippen LogP contribution in [0.5, 0.6) is 0 Å². The van der Waals surface area contributed by atoms with Gasteiger partial charge in [0.05, 0.1) is 0 Å². The first-order chi connectivity index (χ1) is 7.88.